The van der Waals surface area contributed by atoms with Crippen molar-refractivity contribution in [2.24, 2.45) is 5.92 Å². The van der Waals surface area contributed by atoms with Gasteiger partial charge in [0.2, 0.25) is 0 Å². The van der Waals surface area contributed by atoms with Gasteiger partial charge >= 0.3 is 5.97 Å². The Kier molecular flexibility index (Phi) is 4.57. The summed E-state index contributed by atoms with van der Waals surface area (Å²) >= 11 is 0. The van der Waals surface area contributed by atoms with Crippen LogP contribution in [0.2, 0.25) is 0 Å². The van der Waals surface area contributed by atoms with Crippen LogP contribution in [-0.2, 0) is 4.74 Å². The molecule has 1 saturated heterocycles. The van der Waals surface area contributed by atoms with Crippen LogP contribution in [0.4, 0.5) is 0 Å². The maximum absolute atomic E-state index is 12.0. The Labute approximate surface area is 116 Å². The van der Waals surface area contributed by atoms with Gasteiger partial charge in [-0.05, 0) is 24.6 Å². The van der Waals surface area contributed by atoms with Crippen LogP contribution in [-0.4, -0.2) is 43.9 Å². The third-order valence-electron chi connectivity index (χ3n) is 3.23. The number of hydrogen-bond donors (Lipinski definition) is 2. The molecule has 0 aromatic heterocycles. The first-order chi connectivity index (χ1) is 9.60. The standard InChI is InChI=1S/C14H17NO5/c1-19-12-5-10(4-11(6-12)14(17)18)13(16)15-7-9-2-3-20-8-9/h4-6,9H,2-3,7-8H2,1H3,(H,15,16)(H,17,18)/t9-/m0/s1. The molecular weight excluding hydrogens is 262 g/mol. The molecule has 0 saturated carbocycles. The molecular formula is C14H17NO5. The maximum atomic E-state index is 12.0. The molecule has 1 aromatic carbocycles. The zero-order valence-electron chi connectivity index (χ0n) is 11.2. The predicted octanol–water partition coefficient (Wildman–Crippen LogP) is 1.16. The minimum absolute atomic E-state index is 0.0266. The van der Waals surface area contributed by atoms with Crippen LogP contribution in [0.1, 0.15) is 27.1 Å². The van der Waals surface area contributed by atoms with E-state index in [1.807, 2.05) is 0 Å². The van der Waals surface area contributed by atoms with E-state index in [2.05, 4.69) is 5.32 Å². The average molecular weight is 279 g/mol. The summed E-state index contributed by atoms with van der Waals surface area (Å²) in [5.41, 5.74) is 0.305. The quantitative estimate of drug-likeness (QED) is 0.845. The van der Waals surface area contributed by atoms with Gasteiger partial charge in [0.1, 0.15) is 5.75 Å². The van der Waals surface area contributed by atoms with Crippen molar-refractivity contribution in [1.29, 1.82) is 0 Å². The zero-order chi connectivity index (χ0) is 14.5. The Morgan fingerprint density at radius 3 is 2.75 bits per heavy atom. The van der Waals surface area contributed by atoms with Gasteiger partial charge in [-0.25, -0.2) is 4.79 Å². The Bertz CT molecular complexity index is 508. The molecule has 0 radical (unpaired) electrons. The Hall–Kier alpha value is -2.08. The Balaban J connectivity index is 2.07. The molecule has 0 spiro atoms. The van der Waals surface area contributed by atoms with Gasteiger partial charge in [-0.3, -0.25) is 4.79 Å². The molecule has 1 fully saturated rings. The lowest BCUT2D eigenvalue weighted by molar-refractivity contribution is 0.0696. The molecule has 0 aliphatic carbocycles. The van der Waals surface area contributed by atoms with Gasteiger partial charge in [0.25, 0.3) is 5.91 Å². The lowest BCUT2D eigenvalue weighted by Gasteiger charge is -2.11. The van der Waals surface area contributed by atoms with Crippen molar-refractivity contribution < 1.29 is 24.2 Å². The van der Waals surface area contributed by atoms with Gasteiger partial charge in [-0.2, -0.15) is 0 Å². The number of rotatable bonds is 5. The number of amides is 1. The number of nitrogens with one attached hydrogen (secondary N) is 1. The minimum atomic E-state index is -1.10. The number of carboxylic acids is 1. The normalized spacial score (nSPS) is 17.8. The summed E-state index contributed by atoms with van der Waals surface area (Å²) in [5, 5.41) is 11.8. The molecule has 1 aliphatic rings. The molecule has 6 nitrogen and oxygen atoms in total. The summed E-state index contributed by atoms with van der Waals surface area (Å²) in [7, 11) is 1.43. The van der Waals surface area contributed by atoms with E-state index in [0.717, 1.165) is 13.0 Å². The number of benzene rings is 1. The number of carbonyl (C=O) groups is 2. The van der Waals surface area contributed by atoms with Crippen LogP contribution in [0.15, 0.2) is 18.2 Å². The number of methoxy groups -OCH3 is 1. The number of hydrogen-bond acceptors (Lipinski definition) is 4. The predicted molar refractivity (Wildman–Crippen MR) is 71.2 cm³/mol. The summed E-state index contributed by atoms with van der Waals surface area (Å²) < 4.78 is 10.2. The second-order valence-corrected chi connectivity index (χ2v) is 4.69. The zero-order valence-corrected chi connectivity index (χ0v) is 11.2. The van der Waals surface area contributed by atoms with Crippen molar-refractivity contribution in [2.75, 3.05) is 26.9 Å². The smallest absolute Gasteiger partial charge is 0.335 e. The number of carbonyl (C=O) groups excluding carboxylic acids is 1. The van der Waals surface area contributed by atoms with E-state index >= 15 is 0 Å². The van der Waals surface area contributed by atoms with Crippen molar-refractivity contribution in [3.8, 4) is 5.75 Å². The molecule has 20 heavy (non-hydrogen) atoms. The lowest BCUT2D eigenvalue weighted by Crippen LogP contribution is -2.29. The van der Waals surface area contributed by atoms with E-state index in [0.29, 0.717) is 24.8 Å². The van der Waals surface area contributed by atoms with Crippen LogP contribution in [0.25, 0.3) is 0 Å². The second-order valence-electron chi connectivity index (χ2n) is 4.69. The van der Waals surface area contributed by atoms with Crippen LogP contribution >= 0.6 is 0 Å². The largest absolute Gasteiger partial charge is 0.497 e. The van der Waals surface area contributed by atoms with Crippen molar-refractivity contribution in [1.82, 2.24) is 5.32 Å². The molecule has 108 valence electrons. The Morgan fingerprint density at radius 2 is 2.15 bits per heavy atom. The summed E-state index contributed by atoms with van der Waals surface area (Å²) in [5.74, 6) is -0.733. The van der Waals surface area contributed by atoms with Gasteiger partial charge in [0.05, 0.1) is 19.3 Å². The maximum Gasteiger partial charge on any atom is 0.335 e. The number of ether oxygens (including phenoxy) is 2. The summed E-state index contributed by atoms with van der Waals surface area (Å²) in [6, 6.07) is 4.24. The highest BCUT2D eigenvalue weighted by atomic mass is 16.5. The fourth-order valence-electron chi connectivity index (χ4n) is 2.05. The highest BCUT2D eigenvalue weighted by molar-refractivity contribution is 5.98. The van der Waals surface area contributed by atoms with Crippen molar-refractivity contribution in [3.63, 3.8) is 0 Å². The monoisotopic (exact) mass is 279 g/mol. The van der Waals surface area contributed by atoms with Crippen LogP contribution in [0, 0.1) is 5.92 Å². The topological polar surface area (TPSA) is 84.9 Å². The van der Waals surface area contributed by atoms with E-state index in [1.54, 1.807) is 0 Å². The molecule has 1 aliphatic heterocycles. The fourth-order valence-corrected chi connectivity index (χ4v) is 2.05. The van der Waals surface area contributed by atoms with Gasteiger partial charge in [-0.15, -0.1) is 0 Å². The first kappa shape index (κ1) is 14.3. The molecule has 0 unspecified atom stereocenters. The van der Waals surface area contributed by atoms with E-state index in [9.17, 15) is 9.59 Å². The molecule has 0 bridgehead atoms. The molecule has 1 aromatic rings. The molecule has 1 heterocycles. The van der Waals surface area contributed by atoms with Gasteiger partial charge in [0.15, 0.2) is 0 Å². The Morgan fingerprint density at radius 1 is 1.40 bits per heavy atom. The third kappa shape index (κ3) is 3.48. The fraction of sp³-hybridized carbons (Fsp3) is 0.429. The molecule has 2 rings (SSSR count). The SMILES string of the molecule is COc1cc(C(=O)O)cc(C(=O)NC[C@@H]2CCOC2)c1. The lowest BCUT2D eigenvalue weighted by atomic mass is 10.1. The van der Waals surface area contributed by atoms with Gasteiger partial charge in [0, 0.05) is 24.6 Å². The highest BCUT2D eigenvalue weighted by Gasteiger charge is 2.18. The molecule has 6 heteroatoms. The van der Waals surface area contributed by atoms with E-state index in [-0.39, 0.29) is 17.0 Å². The summed E-state index contributed by atoms with van der Waals surface area (Å²) in [6.45, 7) is 1.90. The van der Waals surface area contributed by atoms with Crippen molar-refractivity contribution >= 4 is 11.9 Å². The number of aromatic carboxylic acids is 1. The summed E-state index contributed by atoms with van der Waals surface area (Å²) in [6.07, 6.45) is 0.929. The first-order valence-corrected chi connectivity index (χ1v) is 6.38. The minimum Gasteiger partial charge on any atom is -0.497 e. The molecule has 1 amide bonds. The van der Waals surface area contributed by atoms with Crippen molar-refractivity contribution in [3.05, 3.63) is 29.3 Å². The van der Waals surface area contributed by atoms with E-state index in [4.69, 9.17) is 14.6 Å². The van der Waals surface area contributed by atoms with Crippen molar-refractivity contribution in [2.45, 2.75) is 6.42 Å². The third-order valence-corrected chi connectivity index (χ3v) is 3.23. The molecule has 1 atom stereocenters. The molecule has 2 N–H and O–H groups in total. The van der Waals surface area contributed by atoms with Crippen LogP contribution in [0.5, 0.6) is 5.75 Å². The number of carboxylic acid groups (broad SMARTS) is 1. The second kappa shape index (κ2) is 6.38. The first-order valence-electron chi connectivity index (χ1n) is 6.38. The average Bonchev–Trinajstić information content (AvgIpc) is 2.97. The van der Waals surface area contributed by atoms with Crippen LogP contribution in [0.3, 0.4) is 0 Å². The van der Waals surface area contributed by atoms with E-state index < -0.39 is 5.97 Å². The van der Waals surface area contributed by atoms with Gasteiger partial charge < -0.3 is 19.9 Å². The highest BCUT2D eigenvalue weighted by Crippen LogP contribution is 2.17. The van der Waals surface area contributed by atoms with E-state index in [1.165, 1.54) is 25.3 Å². The summed E-state index contributed by atoms with van der Waals surface area (Å²) in [4.78, 5) is 23.1. The van der Waals surface area contributed by atoms with Gasteiger partial charge in [-0.1, -0.05) is 0 Å². The van der Waals surface area contributed by atoms with Crippen LogP contribution < -0.4 is 10.1 Å².